The van der Waals surface area contributed by atoms with Crippen molar-refractivity contribution in [3.8, 4) is 11.5 Å². The first-order chi connectivity index (χ1) is 19.2. The minimum atomic E-state index is -0.988. The van der Waals surface area contributed by atoms with Crippen LogP contribution in [0.3, 0.4) is 0 Å². The number of alkyl halides is 2. The van der Waals surface area contributed by atoms with Gasteiger partial charge in [0.15, 0.2) is 0 Å². The van der Waals surface area contributed by atoms with Gasteiger partial charge in [-0.2, -0.15) is 0 Å². The first kappa shape index (κ1) is 33.0. The van der Waals surface area contributed by atoms with Crippen LogP contribution in [0.25, 0.3) is 22.4 Å². The van der Waals surface area contributed by atoms with Gasteiger partial charge in [-0.15, -0.1) is 23.2 Å². The van der Waals surface area contributed by atoms with Crippen LogP contribution >= 0.6 is 34.8 Å². The van der Waals surface area contributed by atoms with E-state index in [4.69, 9.17) is 50.1 Å². The predicted molar refractivity (Wildman–Crippen MR) is 166 cm³/mol. The normalized spacial score (nSPS) is 9.83. The number of carbonyl (C=O) groups is 2. The second-order valence-electron chi connectivity index (χ2n) is 8.15. The highest BCUT2D eigenvalue weighted by molar-refractivity contribution is 6.67. The zero-order valence-electron chi connectivity index (χ0n) is 20.9. The van der Waals surface area contributed by atoms with E-state index >= 15 is 0 Å². The highest BCUT2D eigenvalue weighted by Gasteiger charge is 2.08. The Morgan fingerprint density at radius 2 is 1.34 bits per heavy atom. The van der Waals surface area contributed by atoms with Gasteiger partial charge in [0.1, 0.15) is 0 Å². The second kappa shape index (κ2) is 16.2. The molecular weight excluding hydrogens is 587 g/mol. The number of fused-ring (bicyclic) bond motifs is 1. The van der Waals surface area contributed by atoms with Gasteiger partial charge in [0.2, 0.25) is 5.89 Å². The van der Waals surface area contributed by atoms with Crippen molar-refractivity contribution >= 4 is 62.6 Å². The maximum Gasteiger partial charge on any atom is 0.347 e. The van der Waals surface area contributed by atoms with Gasteiger partial charge in [0, 0.05) is 28.6 Å². The van der Waals surface area contributed by atoms with Gasteiger partial charge in [-0.1, -0.05) is 56.0 Å². The number of aromatic nitrogens is 1. The monoisotopic (exact) mass is 612 g/mol. The number of nitrogens with zero attached hydrogens (tertiary/aromatic N) is 1. The lowest BCUT2D eigenvalue weighted by molar-refractivity contribution is 0.0698. The summed E-state index contributed by atoms with van der Waals surface area (Å²) in [5.41, 5.74) is 9.31. The molecule has 3 N–H and O–H groups in total. The van der Waals surface area contributed by atoms with Crippen LogP contribution in [-0.4, -0.2) is 21.3 Å². The lowest BCUT2D eigenvalue weighted by Gasteiger charge is -2.02. The van der Waals surface area contributed by atoms with Crippen LogP contribution in [0.5, 0.6) is 0 Å². The molecule has 10 heteroatoms. The molecule has 41 heavy (non-hydrogen) atoms. The number of carboxylic acids is 1. The van der Waals surface area contributed by atoms with Crippen LogP contribution in [0, 0.1) is 0 Å². The minimum absolute atomic E-state index is 0. The Hall–Kier alpha value is -4.17. The Bertz CT molecular complexity index is 1650. The van der Waals surface area contributed by atoms with Crippen molar-refractivity contribution in [3.05, 3.63) is 130 Å². The number of nitrogen functional groups attached to an aromatic ring is 1. The second-order valence-corrected chi connectivity index (χ2v) is 9.03. The fraction of sp³-hybridized carbons (Fsp3) is 0.0968. The molecule has 0 aliphatic heterocycles. The van der Waals surface area contributed by atoms with Crippen LogP contribution < -0.4 is 11.4 Å². The van der Waals surface area contributed by atoms with Crippen molar-refractivity contribution in [2.75, 3.05) is 5.73 Å². The van der Waals surface area contributed by atoms with E-state index in [1.54, 1.807) is 60.7 Å². The maximum absolute atomic E-state index is 11.9. The molecule has 5 aromatic rings. The Kier molecular flexibility index (Phi) is 13.0. The molecule has 1 aromatic heterocycles. The first-order valence-corrected chi connectivity index (χ1v) is 13.2. The number of hydrogen-bond donors (Lipinski definition) is 2. The van der Waals surface area contributed by atoms with Gasteiger partial charge in [-0.3, -0.25) is 4.79 Å². The van der Waals surface area contributed by atoms with Gasteiger partial charge >= 0.3 is 11.6 Å². The summed E-state index contributed by atoms with van der Waals surface area (Å²) in [6.07, 6.45) is 0. The molecule has 0 atom stereocenters. The molecule has 5 rings (SSSR count). The molecule has 0 aliphatic rings. The first-order valence-electron chi connectivity index (χ1n) is 11.7. The molecule has 0 amide bonds. The van der Waals surface area contributed by atoms with E-state index < -0.39 is 11.2 Å². The number of aromatic carboxylic acids is 1. The molecule has 0 fully saturated rings. The van der Waals surface area contributed by atoms with Gasteiger partial charge in [-0.25, -0.2) is 14.6 Å². The van der Waals surface area contributed by atoms with Gasteiger partial charge < -0.3 is 15.3 Å². The van der Waals surface area contributed by atoms with Crippen LogP contribution in [0.15, 0.2) is 106 Å². The standard InChI is InChI=1S/C15H10ClNO2.C8H6Cl2O.C7H7NO2.CH4/c16-9-10-5-7-11(8-6-10)14-17-13-4-2-1-3-12(13)15(18)19-14;9-5-6-1-3-7(4-2-6)8(10)11;8-6-4-2-1-3-5(6)7(9)10;/h1-8H,9H2;1-4H,5H2;1-4H,8H2,(H,9,10);1H4. The summed E-state index contributed by atoms with van der Waals surface area (Å²) in [5, 5.41) is 8.54. The summed E-state index contributed by atoms with van der Waals surface area (Å²) >= 11 is 16.5. The Balaban J connectivity index is 0.000000230. The number of anilines is 1. The van der Waals surface area contributed by atoms with Crippen molar-refractivity contribution in [1.29, 1.82) is 0 Å². The van der Waals surface area contributed by atoms with Gasteiger partial charge in [0.05, 0.1) is 16.5 Å². The molecule has 212 valence electrons. The number of hydrogen-bond acceptors (Lipinski definition) is 6. The molecule has 4 aromatic carbocycles. The summed E-state index contributed by atoms with van der Waals surface area (Å²) in [4.78, 5) is 37.1. The van der Waals surface area contributed by atoms with Crippen molar-refractivity contribution < 1.29 is 19.1 Å². The third-order valence-corrected chi connectivity index (χ3v) is 6.25. The van der Waals surface area contributed by atoms with Crippen LogP contribution in [-0.2, 0) is 11.8 Å². The van der Waals surface area contributed by atoms with E-state index in [1.807, 2.05) is 30.3 Å². The van der Waals surface area contributed by atoms with Crippen molar-refractivity contribution in [2.45, 2.75) is 19.2 Å². The number of nitrogens with two attached hydrogens (primary N) is 1. The predicted octanol–water partition coefficient (Wildman–Crippen LogP) is 8.00. The molecular formula is C31H27Cl3N2O5. The fourth-order valence-corrected chi connectivity index (χ4v) is 3.78. The number of rotatable bonds is 5. The number of halogens is 3. The summed E-state index contributed by atoms with van der Waals surface area (Å²) in [6.45, 7) is 0. The fourth-order valence-electron chi connectivity index (χ4n) is 3.30. The SMILES string of the molecule is C.Nc1ccccc1C(=O)O.O=C(Cl)c1ccc(CCl)cc1.O=c1oc(-c2ccc(CCl)cc2)nc2ccccc12. The third-order valence-electron chi connectivity index (χ3n) is 5.42. The van der Waals surface area contributed by atoms with E-state index in [-0.39, 0.29) is 18.6 Å². The largest absolute Gasteiger partial charge is 0.478 e. The molecule has 0 saturated heterocycles. The van der Waals surface area contributed by atoms with Gasteiger partial charge in [0.25, 0.3) is 5.24 Å². The van der Waals surface area contributed by atoms with E-state index in [9.17, 15) is 14.4 Å². The average molecular weight is 614 g/mol. The molecule has 0 bridgehead atoms. The maximum atomic E-state index is 11.9. The smallest absolute Gasteiger partial charge is 0.347 e. The van der Waals surface area contributed by atoms with E-state index in [0.29, 0.717) is 39.8 Å². The van der Waals surface area contributed by atoms with Crippen LogP contribution in [0.4, 0.5) is 5.69 Å². The quantitative estimate of drug-likeness (QED) is 0.117. The van der Waals surface area contributed by atoms with Crippen molar-refractivity contribution in [2.24, 2.45) is 0 Å². The van der Waals surface area contributed by atoms with Crippen molar-refractivity contribution in [1.82, 2.24) is 4.98 Å². The van der Waals surface area contributed by atoms with E-state index in [0.717, 1.165) is 16.7 Å². The lowest BCUT2D eigenvalue weighted by atomic mass is 10.1. The van der Waals surface area contributed by atoms with E-state index in [2.05, 4.69) is 4.98 Å². The van der Waals surface area contributed by atoms with Crippen LogP contribution in [0.1, 0.15) is 39.3 Å². The molecule has 0 aliphatic carbocycles. The van der Waals surface area contributed by atoms with Crippen LogP contribution in [0.2, 0.25) is 0 Å². The number of carboxylic acid groups (broad SMARTS) is 1. The highest BCUT2D eigenvalue weighted by atomic mass is 35.5. The minimum Gasteiger partial charge on any atom is -0.478 e. The molecule has 7 nitrogen and oxygen atoms in total. The third kappa shape index (κ3) is 9.46. The Morgan fingerprint density at radius 3 is 1.85 bits per heavy atom. The van der Waals surface area contributed by atoms with Gasteiger partial charge in [-0.05, 0) is 71.3 Å². The summed E-state index contributed by atoms with van der Waals surface area (Å²) in [7, 11) is 0. The molecule has 0 unspecified atom stereocenters. The number of para-hydroxylation sites is 2. The number of carbonyl (C=O) groups excluding carboxylic acids is 1. The zero-order chi connectivity index (χ0) is 29.1. The number of benzene rings is 4. The molecule has 0 spiro atoms. The molecule has 1 heterocycles. The van der Waals surface area contributed by atoms with E-state index in [1.165, 1.54) is 6.07 Å². The highest BCUT2D eigenvalue weighted by Crippen LogP contribution is 2.19. The van der Waals surface area contributed by atoms with Crippen molar-refractivity contribution in [3.63, 3.8) is 0 Å². The average Bonchev–Trinajstić information content (AvgIpc) is 2.98. The summed E-state index contributed by atoms with van der Waals surface area (Å²) in [5.74, 6) is 0.245. The Morgan fingerprint density at radius 1 is 0.805 bits per heavy atom. The lowest BCUT2D eigenvalue weighted by Crippen LogP contribution is -2.02. The Labute approximate surface area is 252 Å². The molecule has 0 radical (unpaired) electrons. The molecule has 0 saturated carbocycles. The summed E-state index contributed by atoms with van der Waals surface area (Å²) in [6, 6.07) is 27.8. The summed E-state index contributed by atoms with van der Waals surface area (Å²) < 4.78 is 5.25. The topological polar surface area (TPSA) is 123 Å². The zero-order valence-corrected chi connectivity index (χ0v) is 23.2.